The van der Waals surface area contributed by atoms with Crippen molar-refractivity contribution < 1.29 is 81.2 Å². The van der Waals surface area contributed by atoms with Gasteiger partial charge in [-0.2, -0.15) is 12.6 Å². The molecule has 1 aliphatic heterocycles. The van der Waals surface area contributed by atoms with Gasteiger partial charge in [-0.1, -0.05) is 85.3 Å². The number of nitrogens with zero attached hydrogens (tertiary/aromatic N) is 3. The zero-order chi connectivity index (χ0) is 66.7. The van der Waals surface area contributed by atoms with E-state index in [1.165, 1.54) is 24.3 Å². The number of benzene rings is 1. The van der Waals surface area contributed by atoms with Crippen molar-refractivity contribution in [2.45, 2.75) is 148 Å². The van der Waals surface area contributed by atoms with Crippen molar-refractivity contribution in [3.05, 3.63) is 54.1 Å². The first-order valence-corrected chi connectivity index (χ1v) is 35.7. The molecule has 518 valence electrons. The van der Waals surface area contributed by atoms with Crippen LogP contribution in [-0.4, -0.2) is 233 Å². The van der Waals surface area contributed by atoms with Gasteiger partial charge < -0.3 is 95.2 Å². The average Bonchev–Trinajstić information content (AvgIpc) is 2.07. The maximum absolute atomic E-state index is 14.4. The van der Waals surface area contributed by atoms with Crippen molar-refractivity contribution in [1.29, 1.82) is 0 Å². The molecule has 0 spiro atoms. The van der Waals surface area contributed by atoms with E-state index in [0.717, 1.165) is 44.9 Å². The van der Waals surface area contributed by atoms with Gasteiger partial charge in [-0.25, -0.2) is 4.98 Å². The lowest BCUT2D eigenvalue weighted by atomic mass is 10.0. The Kier molecular flexibility index (Phi) is 42.6. The van der Waals surface area contributed by atoms with Crippen molar-refractivity contribution in [3.8, 4) is 0 Å². The number of thiol groups is 1. The van der Waals surface area contributed by atoms with Crippen LogP contribution in [0.3, 0.4) is 0 Å². The Morgan fingerprint density at radius 2 is 1.21 bits per heavy atom. The molecule has 91 heavy (non-hydrogen) atoms. The summed E-state index contributed by atoms with van der Waals surface area (Å²) in [4.78, 5) is 120. The fourth-order valence-corrected chi connectivity index (χ4v) is 11.8. The number of carbonyl (C=O) groups excluding carboxylic acids is 7. The zero-order valence-corrected chi connectivity index (χ0v) is 56.7. The number of nitrogens with one attached hydrogen (secondary N) is 5. The second kappa shape index (κ2) is 48.1. The van der Waals surface area contributed by atoms with E-state index in [1.54, 1.807) is 12.5 Å². The van der Waals surface area contributed by atoms with E-state index in [1.807, 2.05) is 24.5 Å². The van der Waals surface area contributed by atoms with Crippen LogP contribution in [0.5, 0.6) is 0 Å². The summed E-state index contributed by atoms with van der Waals surface area (Å²) in [6.45, 7) is 13.8. The smallest absolute Gasteiger partial charge is 0.243 e. The Morgan fingerprint density at radius 1 is 0.681 bits per heavy atom. The van der Waals surface area contributed by atoms with Crippen LogP contribution < -0.4 is 38.1 Å². The van der Waals surface area contributed by atoms with Gasteiger partial charge in [-0.15, -0.1) is 0 Å². The molecule has 30 heteroatoms. The predicted molar refractivity (Wildman–Crippen MR) is 350 cm³/mol. The number of primary amides is 1. The van der Waals surface area contributed by atoms with Crippen molar-refractivity contribution in [3.63, 3.8) is 0 Å². The predicted octanol–water partition coefficient (Wildman–Crippen LogP) is 1.91. The largest absolute Gasteiger partial charge is 0.379 e. The first kappa shape index (κ1) is 80.6. The highest BCUT2D eigenvalue weighted by molar-refractivity contribution is 7.91. The third-order valence-electron chi connectivity index (χ3n) is 14.6. The number of aromatic nitrogens is 2. The van der Waals surface area contributed by atoms with Gasteiger partial charge in [0.1, 0.15) is 37.2 Å². The summed E-state index contributed by atoms with van der Waals surface area (Å²) < 4.78 is 46.1. The van der Waals surface area contributed by atoms with Crippen molar-refractivity contribution in [1.82, 2.24) is 41.0 Å². The maximum Gasteiger partial charge on any atom is 0.243 e. The van der Waals surface area contributed by atoms with Crippen LogP contribution in [0.15, 0.2) is 42.9 Å². The number of ether oxygens (including phenoxy) is 8. The standard InChI is InChI=1S/C61H106N10O17P2S/c1-45(2)39-51(68-61(78)53-18-14-22-71(53)54(72)19-23-81-25-27-83-29-31-85-33-35-87-37-38-88-36-34-86-32-30-84-28-26-82-24-20-65-58(75)50(62)43-91)60(77)67-52(59(76)66-47(4)57(74)69-55(56(63)73)46(3)42-90(79,80)89)40-49-41-64-44-70(49)21-13-8-6-5-7-10-15-48-16-11-9-12-17-48/h9,11-12,16-17,41,44-47,50-53,55,79-80,89,91H,5-8,10,13-15,18-40,42-43,62H2,1-4H3,(H2,63,73)(H,65,75)(H,66,76)(H,67,77)(H,68,78)(H,69,74)/t46-,47-,50-,51-,52-,53-,55-/m0/s1. The molecule has 11 N–H and O–H groups in total. The summed E-state index contributed by atoms with van der Waals surface area (Å²) in [6, 6.07) is 4.04. The minimum atomic E-state index is -3.54. The van der Waals surface area contributed by atoms with Gasteiger partial charge >= 0.3 is 0 Å². The lowest BCUT2D eigenvalue weighted by Crippen LogP contribution is -2.59. The number of hydrogen-bond acceptors (Lipinski definition) is 18. The highest BCUT2D eigenvalue weighted by Gasteiger charge is 2.37. The van der Waals surface area contributed by atoms with E-state index >= 15 is 0 Å². The Labute approximate surface area is 545 Å². The number of unbranched alkanes of at least 4 members (excludes halogenated alkanes) is 5. The molecule has 3 rings (SSSR count). The Morgan fingerprint density at radius 3 is 1.75 bits per heavy atom. The molecule has 7 atom stereocenters. The monoisotopic (exact) mass is 1340 g/mol. The molecule has 0 radical (unpaired) electrons. The van der Waals surface area contributed by atoms with Gasteiger partial charge in [-0.05, 0) is 62.8 Å². The normalized spacial score (nSPS) is 15.4. The highest BCUT2D eigenvalue weighted by Crippen LogP contribution is 2.44. The van der Waals surface area contributed by atoms with Crippen molar-refractivity contribution in [2.75, 3.05) is 131 Å². The van der Waals surface area contributed by atoms with Gasteiger partial charge in [0, 0.05) is 49.9 Å². The molecule has 1 aromatic heterocycles. The van der Waals surface area contributed by atoms with Gasteiger partial charge in [-0.3, -0.25) is 33.6 Å². The van der Waals surface area contributed by atoms with Gasteiger partial charge in [0.15, 0.2) is 0 Å². The van der Waals surface area contributed by atoms with Crippen LogP contribution in [0.1, 0.15) is 103 Å². The van der Waals surface area contributed by atoms with Crippen molar-refractivity contribution >= 4 is 69.5 Å². The van der Waals surface area contributed by atoms with Crippen LogP contribution in [0.25, 0.3) is 0 Å². The summed E-state index contributed by atoms with van der Waals surface area (Å²) in [7, 11) is -0.657. The van der Waals surface area contributed by atoms with Crippen molar-refractivity contribution in [2.24, 2.45) is 23.3 Å². The Hall–Kier alpha value is -4.64. The second-order valence-corrected chi connectivity index (χ2v) is 27.2. The van der Waals surface area contributed by atoms with E-state index in [9.17, 15) is 43.3 Å². The average molecular weight is 1350 g/mol. The molecule has 2 aromatic rings. The Bertz CT molecular complexity index is 2430. The lowest BCUT2D eigenvalue weighted by Gasteiger charge is -2.29. The number of carbonyl (C=O) groups is 7. The molecular formula is C61H106N10O17P2S. The number of nitrogens with two attached hydrogens (primary N) is 2. The molecule has 1 aromatic carbocycles. The molecule has 0 aliphatic carbocycles. The number of imidazole rings is 1. The highest BCUT2D eigenvalue weighted by atomic mass is 32.1. The summed E-state index contributed by atoms with van der Waals surface area (Å²) in [5.41, 5.74) is 13.2. The molecule has 0 unspecified atom stereocenters. The van der Waals surface area contributed by atoms with Crippen LogP contribution in [0, 0.1) is 11.8 Å². The number of rotatable bonds is 54. The van der Waals surface area contributed by atoms with E-state index in [4.69, 9.17) is 49.4 Å². The lowest BCUT2D eigenvalue weighted by molar-refractivity contribution is -0.140. The molecule has 0 saturated carbocycles. The van der Waals surface area contributed by atoms with E-state index in [0.29, 0.717) is 124 Å². The molecule has 1 fully saturated rings. The van der Waals surface area contributed by atoms with E-state index in [-0.39, 0.29) is 68.7 Å². The summed E-state index contributed by atoms with van der Waals surface area (Å²) in [5, 5.41) is 13.6. The topological polar surface area (TPSA) is 367 Å². The Balaban J connectivity index is 1.40. The minimum Gasteiger partial charge on any atom is -0.379 e. The fraction of sp³-hybridized carbons (Fsp3) is 0.738. The van der Waals surface area contributed by atoms with Crippen LogP contribution in [-0.2, 0) is 90.8 Å². The van der Waals surface area contributed by atoms with E-state index in [2.05, 4.69) is 77.0 Å². The minimum absolute atomic E-state index is 0.0280. The zero-order valence-electron chi connectivity index (χ0n) is 53.9. The quantitative estimate of drug-likeness (QED) is 0.0257. The molecule has 7 amide bonds. The number of likely N-dealkylation sites (tertiary alicyclic amines) is 1. The van der Waals surface area contributed by atoms with Gasteiger partial charge in [0.25, 0.3) is 0 Å². The van der Waals surface area contributed by atoms with Gasteiger partial charge in [0.2, 0.25) is 41.4 Å². The third kappa shape index (κ3) is 36.6. The molecule has 1 aliphatic rings. The summed E-state index contributed by atoms with van der Waals surface area (Å²) in [5.74, 6) is -4.70. The van der Waals surface area contributed by atoms with Crippen LogP contribution in [0.4, 0.5) is 0 Å². The second-order valence-electron chi connectivity index (χ2n) is 22.9. The molecule has 1 saturated heterocycles. The maximum atomic E-state index is 14.4. The molecule has 27 nitrogen and oxygen atoms in total. The van der Waals surface area contributed by atoms with Gasteiger partial charge in [0.05, 0.1) is 125 Å². The number of hydrogen-bond donors (Lipinski definition) is 10. The summed E-state index contributed by atoms with van der Waals surface area (Å²) in [6.07, 6.45) is 11.5. The summed E-state index contributed by atoms with van der Waals surface area (Å²) >= 11 is 3.99. The third-order valence-corrected chi connectivity index (χ3v) is 16.7. The molecule has 2 heterocycles. The SMILES string of the molecule is CC(C)C[C@H](NC(=O)[C@@H]1CCCN1C(=O)CCOCCOCCOCCOCCOCCOCCOCCOCCNC(=O)[C@@H](N)CS)C(=O)N[C@@H](Cc1cncn1CCCCCCCCc1ccccc1)C(=O)N[C@@H](C)C(=O)N[C@H](C(N)=O)[C@@H](C)CP(O)(O)=P. The number of amides is 7. The van der Waals surface area contributed by atoms with Crippen LogP contribution in [0.2, 0.25) is 0 Å². The number of aryl methyl sites for hydroxylation is 2. The van der Waals surface area contributed by atoms with Crippen LogP contribution >= 0.6 is 28.2 Å². The molecule has 0 bridgehead atoms. The first-order chi connectivity index (χ1) is 43.7. The fourth-order valence-electron chi connectivity index (χ4n) is 9.75. The first-order valence-electron chi connectivity index (χ1n) is 31.9. The van der Waals surface area contributed by atoms with E-state index < -0.39 is 78.7 Å². The molecular weight excluding hydrogens is 1240 g/mol.